The van der Waals surface area contributed by atoms with E-state index in [1.807, 2.05) is 31.2 Å². The van der Waals surface area contributed by atoms with Gasteiger partial charge in [-0.15, -0.1) is 0 Å². The van der Waals surface area contributed by atoms with Crippen LogP contribution in [0, 0.1) is 12.3 Å². The molecule has 22 heavy (non-hydrogen) atoms. The van der Waals surface area contributed by atoms with Crippen molar-refractivity contribution in [1.82, 2.24) is 5.32 Å². The van der Waals surface area contributed by atoms with Crippen LogP contribution >= 0.6 is 0 Å². The number of para-hydroxylation sites is 1. The molecule has 0 spiro atoms. The first-order valence-corrected chi connectivity index (χ1v) is 7.51. The lowest BCUT2D eigenvalue weighted by Crippen LogP contribution is -2.31. The number of hydrogen-bond donors (Lipinski definition) is 2. The third-order valence-electron chi connectivity index (χ3n) is 3.55. The number of benzene rings is 1. The lowest BCUT2D eigenvalue weighted by molar-refractivity contribution is -0.147. The predicted molar refractivity (Wildman–Crippen MR) is 85.0 cm³/mol. The van der Waals surface area contributed by atoms with E-state index < -0.39 is 11.4 Å². The van der Waals surface area contributed by atoms with Crippen LogP contribution in [-0.2, 0) is 9.59 Å². The summed E-state index contributed by atoms with van der Waals surface area (Å²) in [4.78, 5) is 22.6. The second-order valence-electron chi connectivity index (χ2n) is 6.01. The minimum atomic E-state index is -0.853. The molecule has 1 amide bonds. The Hall–Kier alpha value is -2.04. The van der Waals surface area contributed by atoms with E-state index in [1.54, 1.807) is 13.8 Å². The molecular weight excluding hydrogens is 282 g/mol. The molecule has 0 saturated heterocycles. The zero-order valence-corrected chi connectivity index (χ0v) is 13.5. The molecule has 0 bridgehead atoms. The van der Waals surface area contributed by atoms with Gasteiger partial charge in [0.1, 0.15) is 5.75 Å². The van der Waals surface area contributed by atoms with E-state index in [2.05, 4.69) is 5.32 Å². The van der Waals surface area contributed by atoms with Crippen LogP contribution in [-0.4, -0.2) is 30.1 Å². The average molecular weight is 307 g/mol. The molecule has 0 aliphatic heterocycles. The number of hydrogen-bond acceptors (Lipinski definition) is 3. The highest BCUT2D eigenvalue weighted by molar-refractivity contribution is 5.76. The van der Waals surface area contributed by atoms with Crippen molar-refractivity contribution in [3.63, 3.8) is 0 Å². The molecule has 0 aromatic heterocycles. The summed E-state index contributed by atoms with van der Waals surface area (Å²) < 4.78 is 5.62. The first-order valence-electron chi connectivity index (χ1n) is 7.51. The van der Waals surface area contributed by atoms with Crippen LogP contribution in [0.25, 0.3) is 0 Å². The van der Waals surface area contributed by atoms with E-state index in [4.69, 9.17) is 9.84 Å². The summed E-state index contributed by atoms with van der Waals surface area (Å²) in [7, 11) is 0. The molecule has 5 heteroatoms. The highest BCUT2D eigenvalue weighted by Crippen LogP contribution is 2.19. The Morgan fingerprint density at radius 1 is 1.27 bits per heavy atom. The minimum absolute atomic E-state index is 0.0745. The normalized spacial score (nSPS) is 11.0. The van der Waals surface area contributed by atoms with Crippen molar-refractivity contribution in [3.05, 3.63) is 29.8 Å². The molecule has 2 N–H and O–H groups in total. The number of rotatable bonds is 9. The summed E-state index contributed by atoms with van der Waals surface area (Å²) in [5.41, 5.74) is 0.254. The van der Waals surface area contributed by atoms with Gasteiger partial charge in [-0.1, -0.05) is 18.2 Å². The fourth-order valence-corrected chi connectivity index (χ4v) is 1.84. The predicted octanol–water partition coefficient (Wildman–Crippen LogP) is 2.77. The molecule has 5 nitrogen and oxygen atoms in total. The Kier molecular flexibility index (Phi) is 6.89. The number of amides is 1. The molecule has 0 unspecified atom stereocenters. The zero-order chi connectivity index (χ0) is 16.6. The standard InChI is InChI=1S/C17H25NO4/c1-13-7-4-5-8-14(13)22-12-6-9-15(19)18-11-10-17(2,3)16(20)21/h4-5,7-8H,6,9-12H2,1-3H3,(H,18,19)(H,20,21). The third kappa shape index (κ3) is 6.16. The fraction of sp³-hybridized carbons (Fsp3) is 0.529. The maximum absolute atomic E-state index is 11.7. The maximum atomic E-state index is 11.7. The van der Waals surface area contributed by atoms with Gasteiger partial charge < -0.3 is 15.2 Å². The second kappa shape index (κ2) is 8.41. The van der Waals surface area contributed by atoms with Gasteiger partial charge in [-0.3, -0.25) is 9.59 Å². The molecule has 0 radical (unpaired) electrons. The van der Waals surface area contributed by atoms with E-state index in [0.717, 1.165) is 11.3 Å². The van der Waals surface area contributed by atoms with Gasteiger partial charge in [0.25, 0.3) is 0 Å². The number of carboxylic acids is 1. The molecule has 0 aliphatic carbocycles. The Balaban J connectivity index is 2.16. The van der Waals surface area contributed by atoms with Gasteiger partial charge >= 0.3 is 5.97 Å². The minimum Gasteiger partial charge on any atom is -0.493 e. The summed E-state index contributed by atoms with van der Waals surface area (Å²) in [6, 6.07) is 7.75. The highest BCUT2D eigenvalue weighted by Gasteiger charge is 2.26. The van der Waals surface area contributed by atoms with Crippen molar-refractivity contribution < 1.29 is 19.4 Å². The monoisotopic (exact) mass is 307 g/mol. The third-order valence-corrected chi connectivity index (χ3v) is 3.55. The second-order valence-corrected chi connectivity index (χ2v) is 6.01. The topological polar surface area (TPSA) is 75.6 Å². The maximum Gasteiger partial charge on any atom is 0.309 e. The van der Waals surface area contributed by atoms with Crippen molar-refractivity contribution >= 4 is 11.9 Å². The van der Waals surface area contributed by atoms with Gasteiger partial charge in [0, 0.05) is 13.0 Å². The molecule has 1 aromatic rings. The Morgan fingerprint density at radius 3 is 2.59 bits per heavy atom. The molecule has 0 heterocycles. The van der Waals surface area contributed by atoms with Crippen LogP contribution < -0.4 is 10.1 Å². The first kappa shape index (κ1) is 18.0. The number of ether oxygens (including phenoxy) is 1. The van der Waals surface area contributed by atoms with Gasteiger partial charge in [-0.05, 0) is 45.2 Å². The SMILES string of the molecule is Cc1ccccc1OCCCC(=O)NCCC(C)(C)C(=O)O. The van der Waals surface area contributed by atoms with Crippen molar-refractivity contribution in [2.45, 2.75) is 40.0 Å². The number of nitrogens with one attached hydrogen (secondary N) is 1. The number of carbonyl (C=O) groups is 2. The lowest BCUT2D eigenvalue weighted by Gasteiger charge is -2.18. The molecule has 122 valence electrons. The van der Waals surface area contributed by atoms with Crippen LogP contribution in [0.4, 0.5) is 0 Å². The van der Waals surface area contributed by atoms with E-state index in [-0.39, 0.29) is 5.91 Å². The molecule has 0 aliphatic rings. The molecule has 0 fully saturated rings. The first-order chi connectivity index (χ1) is 10.3. The number of carbonyl (C=O) groups excluding carboxylic acids is 1. The van der Waals surface area contributed by atoms with Crippen LogP contribution in [0.1, 0.15) is 38.7 Å². The number of carboxylic acid groups (broad SMARTS) is 1. The van der Waals surface area contributed by atoms with Crippen molar-refractivity contribution in [3.8, 4) is 5.75 Å². The quantitative estimate of drug-likeness (QED) is 0.688. The molecule has 0 atom stereocenters. The Labute approximate surface area is 131 Å². The van der Waals surface area contributed by atoms with Crippen molar-refractivity contribution in [2.75, 3.05) is 13.2 Å². The molecule has 1 rings (SSSR count). The summed E-state index contributed by atoms with van der Waals surface area (Å²) in [6.45, 7) is 6.14. The molecule has 0 saturated carbocycles. The average Bonchev–Trinajstić information content (AvgIpc) is 2.45. The molecule has 1 aromatic carbocycles. The molecular formula is C17H25NO4. The Bertz CT molecular complexity index is 511. The summed E-state index contributed by atoms with van der Waals surface area (Å²) >= 11 is 0. The van der Waals surface area contributed by atoms with Crippen molar-refractivity contribution in [2.24, 2.45) is 5.41 Å². The number of aliphatic carboxylic acids is 1. The zero-order valence-electron chi connectivity index (χ0n) is 13.5. The van der Waals surface area contributed by atoms with Gasteiger partial charge in [0.05, 0.1) is 12.0 Å². The van der Waals surface area contributed by atoms with Crippen LogP contribution in [0.2, 0.25) is 0 Å². The van der Waals surface area contributed by atoms with E-state index in [0.29, 0.717) is 32.4 Å². The van der Waals surface area contributed by atoms with Crippen LogP contribution in [0.3, 0.4) is 0 Å². The number of aryl methyl sites for hydroxylation is 1. The summed E-state index contributed by atoms with van der Waals surface area (Å²) in [6.07, 6.45) is 1.41. The van der Waals surface area contributed by atoms with Crippen molar-refractivity contribution in [1.29, 1.82) is 0 Å². The van der Waals surface area contributed by atoms with Gasteiger partial charge in [0.2, 0.25) is 5.91 Å². The van der Waals surface area contributed by atoms with Gasteiger partial charge in [-0.25, -0.2) is 0 Å². The lowest BCUT2D eigenvalue weighted by atomic mass is 9.90. The fourth-order valence-electron chi connectivity index (χ4n) is 1.84. The van der Waals surface area contributed by atoms with E-state index in [1.165, 1.54) is 0 Å². The summed E-state index contributed by atoms with van der Waals surface area (Å²) in [5, 5.41) is 11.7. The van der Waals surface area contributed by atoms with Gasteiger partial charge in [-0.2, -0.15) is 0 Å². The van der Waals surface area contributed by atoms with Crippen LogP contribution in [0.15, 0.2) is 24.3 Å². The van der Waals surface area contributed by atoms with Crippen LogP contribution in [0.5, 0.6) is 5.75 Å². The van der Waals surface area contributed by atoms with Gasteiger partial charge in [0.15, 0.2) is 0 Å². The Morgan fingerprint density at radius 2 is 1.95 bits per heavy atom. The van der Waals surface area contributed by atoms with E-state index >= 15 is 0 Å². The summed E-state index contributed by atoms with van der Waals surface area (Å²) in [5.74, 6) is -0.0888. The smallest absolute Gasteiger partial charge is 0.309 e. The van der Waals surface area contributed by atoms with E-state index in [9.17, 15) is 9.59 Å². The highest BCUT2D eigenvalue weighted by atomic mass is 16.5. The largest absolute Gasteiger partial charge is 0.493 e.